The molecule has 0 spiro atoms. The van der Waals surface area contributed by atoms with Crippen molar-refractivity contribution in [3.63, 3.8) is 0 Å². The molecular formula is C15H13ClFNO2. The van der Waals surface area contributed by atoms with E-state index in [1.54, 1.807) is 6.07 Å². The summed E-state index contributed by atoms with van der Waals surface area (Å²) in [7, 11) is 0. The highest BCUT2D eigenvalue weighted by atomic mass is 35.5. The number of hydrogen-bond donors (Lipinski definition) is 2. The molecule has 1 amide bonds. The number of aliphatic hydroxyl groups is 1. The Hall–Kier alpha value is -1.91. The van der Waals surface area contributed by atoms with Crippen LogP contribution in [0.5, 0.6) is 0 Å². The molecule has 104 valence electrons. The van der Waals surface area contributed by atoms with Crippen LogP contribution in [-0.4, -0.2) is 11.0 Å². The molecule has 0 radical (unpaired) electrons. The third-order valence-electron chi connectivity index (χ3n) is 2.91. The van der Waals surface area contributed by atoms with Gasteiger partial charge in [-0.3, -0.25) is 4.79 Å². The molecule has 0 aliphatic heterocycles. The van der Waals surface area contributed by atoms with E-state index in [9.17, 15) is 14.3 Å². The van der Waals surface area contributed by atoms with Gasteiger partial charge in [-0.2, -0.15) is 0 Å². The molecular weight excluding hydrogens is 281 g/mol. The van der Waals surface area contributed by atoms with E-state index in [2.05, 4.69) is 5.32 Å². The summed E-state index contributed by atoms with van der Waals surface area (Å²) in [4.78, 5) is 11.9. The van der Waals surface area contributed by atoms with Crippen molar-refractivity contribution in [1.82, 2.24) is 5.32 Å². The van der Waals surface area contributed by atoms with Crippen molar-refractivity contribution >= 4 is 17.5 Å². The Kier molecular flexibility index (Phi) is 4.71. The molecule has 2 rings (SSSR count). The normalized spacial score (nSPS) is 10.3. The summed E-state index contributed by atoms with van der Waals surface area (Å²) < 4.78 is 13.0. The largest absolute Gasteiger partial charge is 0.392 e. The molecule has 0 aliphatic rings. The molecule has 3 nitrogen and oxygen atoms in total. The van der Waals surface area contributed by atoms with E-state index in [1.807, 2.05) is 18.2 Å². The van der Waals surface area contributed by atoms with E-state index in [-0.39, 0.29) is 29.6 Å². The van der Waals surface area contributed by atoms with Gasteiger partial charge in [0.15, 0.2) is 0 Å². The number of hydrogen-bond acceptors (Lipinski definition) is 2. The van der Waals surface area contributed by atoms with Gasteiger partial charge in [0.1, 0.15) is 5.82 Å². The van der Waals surface area contributed by atoms with Crippen LogP contribution in [0.3, 0.4) is 0 Å². The molecule has 0 aliphatic carbocycles. The molecule has 0 saturated carbocycles. The Morgan fingerprint density at radius 3 is 2.55 bits per heavy atom. The van der Waals surface area contributed by atoms with Crippen LogP contribution in [0.4, 0.5) is 4.39 Å². The Labute approximate surface area is 121 Å². The third-order valence-corrected chi connectivity index (χ3v) is 3.20. The zero-order chi connectivity index (χ0) is 14.5. The highest BCUT2D eigenvalue weighted by Gasteiger charge is 2.09. The fourth-order valence-corrected chi connectivity index (χ4v) is 1.98. The van der Waals surface area contributed by atoms with Crippen LogP contribution in [-0.2, 0) is 13.2 Å². The van der Waals surface area contributed by atoms with E-state index in [1.165, 1.54) is 12.1 Å². The van der Waals surface area contributed by atoms with Crippen molar-refractivity contribution in [3.8, 4) is 0 Å². The van der Waals surface area contributed by atoms with Gasteiger partial charge in [0.25, 0.3) is 5.91 Å². The van der Waals surface area contributed by atoms with Gasteiger partial charge in [-0.25, -0.2) is 4.39 Å². The second-order valence-electron chi connectivity index (χ2n) is 4.24. The highest BCUT2D eigenvalue weighted by molar-refractivity contribution is 6.31. The maximum Gasteiger partial charge on any atom is 0.251 e. The standard InChI is InChI=1S/C15H13ClFNO2/c16-13-7-10(5-6-14(13)17)15(20)18-8-11-3-1-2-4-12(11)9-19/h1-7,19H,8-9H2,(H,18,20). The van der Waals surface area contributed by atoms with Crippen molar-refractivity contribution in [1.29, 1.82) is 0 Å². The second-order valence-corrected chi connectivity index (χ2v) is 4.65. The Morgan fingerprint density at radius 1 is 1.20 bits per heavy atom. The van der Waals surface area contributed by atoms with E-state index in [0.29, 0.717) is 0 Å². The van der Waals surface area contributed by atoms with Crippen LogP contribution >= 0.6 is 11.6 Å². The van der Waals surface area contributed by atoms with Crippen molar-refractivity contribution in [2.45, 2.75) is 13.2 Å². The number of aliphatic hydroxyl groups excluding tert-OH is 1. The summed E-state index contributed by atoms with van der Waals surface area (Å²) >= 11 is 5.63. The van der Waals surface area contributed by atoms with Gasteiger partial charge in [0.05, 0.1) is 11.6 Å². The fourth-order valence-electron chi connectivity index (χ4n) is 1.80. The van der Waals surface area contributed by atoms with E-state index < -0.39 is 5.82 Å². The predicted octanol–water partition coefficient (Wildman–Crippen LogP) is 2.90. The topological polar surface area (TPSA) is 49.3 Å². The monoisotopic (exact) mass is 293 g/mol. The minimum atomic E-state index is -0.561. The van der Waals surface area contributed by atoms with Gasteiger partial charge in [0, 0.05) is 12.1 Å². The van der Waals surface area contributed by atoms with Crippen molar-refractivity contribution < 1.29 is 14.3 Å². The molecule has 0 heterocycles. The van der Waals surface area contributed by atoms with Crippen LogP contribution in [0.1, 0.15) is 21.5 Å². The van der Waals surface area contributed by atoms with Crippen LogP contribution in [0.2, 0.25) is 5.02 Å². The zero-order valence-electron chi connectivity index (χ0n) is 10.6. The molecule has 0 fully saturated rings. The zero-order valence-corrected chi connectivity index (χ0v) is 11.3. The molecule has 20 heavy (non-hydrogen) atoms. The van der Waals surface area contributed by atoms with E-state index >= 15 is 0 Å². The molecule has 0 aromatic heterocycles. The van der Waals surface area contributed by atoms with Crippen molar-refractivity contribution in [2.75, 3.05) is 0 Å². The Bertz CT molecular complexity index is 631. The first kappa shape index (κ1) is 14.5. The van der Waals surface area contributed by atoms with Crippen molar-refractivity contribution in [2.24, 2.45) is 0 Å². The smallest absolute Gasteiger partial charge is 0.251 e. The number of carbonyl (C=O) groups excluding carboxylic acids is 1. The van der Waals surface area contributed by atoms with Gasteiger partial charge in [-0.05, 0) is 29.3 Å². The first-order valence-corrected chi connectivity index (χ1v) is 6.40. The maximum atomic E-state index is 13.0. The lowest BCUT2D eigenvalue weighted by Crippen LogP contribution is -2.23. The molecule has 0 bridgehead atoms. The maximum absolute atomic E-state index is 13.0. The number of rotatable bonds is 4. The first-order chi connectivity index (χ1) is 9.61. The molecule has 2 aromatic carbocycles. The van der Waals surface area contributed by atoms with Crippen LogP contribution in [0, 0.1) is 5.82 Å². The van der Waals surface area contributed by atoms with Gasteiger partial charge in [-0.1, -0.05) is 35.9 Å². The molecule has 0 atom stereocenters. The number of carbonyl (C=O) groups is 1. The lowest BCUT2D eigenvalue weighted by molar-refractivity contribution is 0.0950. The predicted molar refractivity (Wildman–Crippen MR) is 74.9 cm³/mol. The number of nitrogens with one attached hydrogen (secondary N) is 1. The minimum absolute atomic E-state index is 0.0889. The Balaban J connectivity index is 2.06. The summed E-state index contributed by atoms with van der Waals surface area (Å²) in [5, 5.41) is 11.8. The highest BCUT2D eigenvalue weighted by Crippen LogP contribution is 2.16. The summed E-state index contributed by atoms with van der Waals surface area (Å²) in [6.07, 6.45) is 0. The summed E-state index contributed by atoms with van der Waals surface area (Å²) in [6.45, 7) is 0.193. The van der Waals surface area contributed by atoms with Crippen LogP contribution in [0.25, 0.3) is 0 Å². The summed E-state index contributed by atoms with van der Waals surface area (Å²) in [5.74, 6) is -0.909. The molecule has 2 N–H and O–H groups in total. The van der Waals surface area contributed by atoms with Gasteiger partial charge < -0.3 is 10.4 Å². The minimum Gasteiger partial charge on any atom is -0.392 e. The van der Waals surface area contributed by atoms with E-state index in [0.717, 1.165) is 17.2 Å². The SMILES string of the molecule is O=C(NCc1ccccc1CO)c1ccc(F)c(Cl)c1. The average Bonchev–Trinajstić information content (AvgIpc) is 2.47. The fraction of sp³-hybridized carbons (Fsp3) is 0.133. The van der Waals surface area contributed by atoms with Gasteiger partial charge >= 0.3 is 0 Å². The van der Waals surface area contributed by atoms with Gasteiger partial charge in [0.2, 0.25) is 0 Å². The van der Waals surface area contributed by atoms with Crippen LogP contribution < -0.4 is 5.32 Å². The van der Waals surface area contributed by atoms with Crippen LogP contribution in [0.15, 0.2) is 42.5 Å². The molecule has 5 heteroatoms. The van der Waals surface area contributed by atoms with Crippen molar-refractivity contribution in [3.05, 3.63) is 70.0 Å². The molecule has 2 aromatic rings. The molecule has 0 unspecified atom stereocenters. The summed E-state index contributed by atoms with van der Waals surface area (Å²) in [6, 6.07) is 11.1. The average molecular weight is 294 g/mol. The number of halogens is 2. The lowest BCUT2D eigenvalue weighted by Gasteiger charge is -2.09. The quantitative estimate of drug-likeness (QED) is 0.910. The van der Waals surface area contributed by atoms with E-state index in [4.69, 9.17) is 11.6 Å². The summed E-state index contributed by atoms with van der Waals surface area (Å²) in [5.41, 5.74) is 1.87. The first-order valence-electron chi connectivity index (χ1n) is 6.02. The number of amides is 1. The lowest BCUT2D eigenvalue weighted by atomic mass is 10.1. The third kappa shape index (κ3) is 3.35. The number of benzene rings is 2. The van der Waals surface area contributed by atoms with Gasteiger partial charge in [-0.15, -0.1) is 0 Å². The Morgan fingerprint density at radius 2 is 1.90 bits per heavy atom. The second kappa shape index (κ2) is 6.50. The molecule has 0 saturated heterocycles.